The van der Waals surface area contributed by atoms with E-state index >= 15 is 0 Å². The Morgan fingerprint density at radius 1 is 1.19 bits per heavy atom. The molecule has 1 heterocycles. The summed E-state index contributed by atoms with van der Waals surface area (Å²) in [4.78, 5) is 30.6. The van der Waals surface area contributed by atoms with Crippen LogP contribution in [0.15, 0.2) is 46.3 Å². The number of hydrogen-bond donors (Lipinski definition) is 1. The average molecular weight is 388 g/mol. The second-order valence-electron chi connectivity index (χ2n) is 6.31. The summed E-state index contributed by atoms with van der Waals surface area (Å²) in [6.45, 7) is 2.00. The summed E-state index contributed by atoms with van der Waals surface area (Å²) in [6.07, 6.45) is 1.42. The molecule has 3 rings (SSSR count). The molecule has 1 N–H and O–H groups in total. The lowest BCUT2D eigenvalue weighted by Gasteiger charge is -2.04. The smallest absolute Gasteiger partial charge is 0.259 e. The van der Waals surface area contributed by atoms with Crippen molar-refractivity contribution in [3.63, 3.8) is 0 Å². The third kappa shape index (κ3) is 5.01. The first-order valence-electron chi connectivity index (χ1n) is 8.51. The van der Waals surface area contributed by atoms with Gasteiger partial charge in [0.15, 0.2) is 11.0 Å². The fourth-order valence-corrected chi connectivity index (χ4v) is 3.48. The molecule has 2 aromatic carbocycles. The Hall–Kier alpha value is -2.54. The number of aryl methyl sites for hydroxylation is 1. The van der Waals surface area contributed by atoms with Crippen LogP contribution in [0.1, 0.15) is 24.0 Å². The summed E-state index contributed by atoms with van der Waals surface area (Å²) in [5, 5.41) is 0.133. The van der Waals surface area contributed by atoms with Gasteiger partial charge in [-0.15, -0.1) is 0 Å². The molecule has 1 aromatic heterocycles. The molecule has 0 fully saturated rings. The number of carbonyl (C=O) groups excluding carboxylic acids is 1. The minimum absolute atomic E-state index is 0.120. The van der Waals surface area contributed by atoms with Gasteiger partial charge in [-0.25, -0.2) is 13.8 Å². The maximum absolute atomic E-state index is 13.8. The number of nitrogens with zero attached hydrogens (tertiary/aromatic N) is 1. The molecule has 0 saturated carbocycles. The highest BCUT2D eigenvalue weighted by atomic mass is 32.2. The highest BCUT2D eigenvalue weighted by Crippen LogP contribution is 2.19. The maximum Gasteiger partial charge on any atom is 0.259 e. The van der Waals surface area contributed by atoms with Gasteiger partial charge in [0.25, 0.3) is 5.56 Å². The fraction of sp³-hybridized carbons (Fsp3) is 0.250. The van der Waals surface area contributed by atoms with Crippen molar-refractivity contribution < 1.29 is 13.6 Å². The first-order valence-corrected chi connectivity index (χ1v) is 9.50. The number of nitrogens with one attached hydrogen (secondary N) is 1. The molecular weight excluding hydrogens is 370 g/mol. The van der Waals surface area contributed by atoms with Crippen LogP contribution in [0.4, 0.5) is 8.78 Å². The summed E-state index contributed by atoms with van der Waals surface area (Å²) in [5.74, 6) is -0.997. The molecule has 0 spiro atoms. The first kappa shape index (κ1) is 19.2. The lowest BCUT2D eigenvalue weighted by Crippen LogP contribution is -2.11. The lowest BCUT2D eigenvalue weighted by atomic mass is 10.0. The SMILES string of the molecule is Cc1ccc(CC(=O)CCCSc2nc3c(F)cc(F)cc3c(=O)[nH]2)cc1. The molecule has 0 aliphatic carbocycles. The van der Waals surface area contributed by atoms with Crippen LogP contribution < -0.4 is 5.56 Å². The van der Waals surface area contributed by atoms with Crippen molar-refractivity contribution in [1.29, 1.82) is 0 Å². The molecule has 27 heavy (non-hydrogen) atoms. The zero-order valence-electron chi connectivity index (χ0n) is 14.7. The largest absolute Gasteiger partial charge is 0.301 e. The van der Waals surface area contributed by atoms with E-state index in [1.54, 1.807) is 0 Å². The van der Waals surface area contributed by atoms with E-state index in [0.29, 0.717) is 31.1 Å². The number of aromatic amines is 1. The molecule has 0 amide bonds. The Bertz CT molecular complexity index is 1030. The van der Waals surface area contributed by atoms with E-state index in [1.165, 1.54) is 11.8 Å². The fourth-order valence-electron chi connectivity index (χ4n) is 2.68. The van der Waals surface area contributed by atoms with E-state index in [2.05, 4.69) is 9.97 Å². The third-order valence-electron chi connectivity index (χ3n) is 4.07. The number of hydrogen-bond acceptors (Lipinski definition) is 4. The van der Waals surface area contributed by atoms with E-state index in [4.69, 9.17) is 0 Å². The quantitative estimate of drug-likeness (QED) is 0.374. The lowest BCUT2D eigenvalue weighted by molar-refractivity contribution is -0.118. The Kier molecular flexibility index (Phi) is 6.01. The topological polar surface area (TPSA) is 62.8 Å². The number of rotatable bonds is 7. The molecule has 7 heteroatoms. The molecular formula is C20H18F2N2O2S. The Morgan fingerprint density at radius 3 is 2.67 bits per heavy atom. The zero-order chi connectivity index (χ0) is 19.4. The molecule has 0 bridgehead atoms. The molecule has 140 valence electrons. The van der Waals surface area contributed by atoms with E-state index in [-0.39, 0.29) is 21.8 Å². The van der Waals surface area contributed by atoms with Crippen molar-refractivity contribution in [1.82, 2.24) is 9.97 Å². The Labute approximate surface area is 159 Å². The number of carbonyl (C=O) groups is 1. The van der Waals surface area contributed by atoms with Crippen molar-refractivity contribution in [2.45, 2.75) is 31.3 Å². The van der Waals surface area contributed by atoms with Gasteiger partial charge in [-0.3, -0.25) is 9.59 Å². The summed E-state index contributed by atoms with van der Waals surface area (Å²) in [5.41, 5.74) is 1.40. The van der Waals surface area contributed by atoms with Crippen LogP contribution in [0.25, 0.3) is 10.9 Å². The number of fused-ring (bicyclic) bond motifs is 1. The molecule has 0 radical (unpaired) electrons. The highest BCUT2D eigenvalue weighted by Gasteiger charge is 2.11. The van der Waals surface area contributed by atoms with Gasteiger partial charge in [-0.2, -0.15) is 0 Å². The number of halogens is 2. The van der Waals surface area contributed by atoms with Gasteiger partial charge in [0, 0.05) is 24.7 Å². The van der Waals surface area contributed by atoms with Gasteiger partial charge >= 0.3 is 0 Å². The molecule has 0 aliphatic heterocycles. The van der Waals surface area contributed by atoms with E-state index in [0.717, 1.165) is 17.2 Å². The zero-order valence-corrected chi connectivity index (χ0v) is 15.5. The summed E-state index contributed by atoms with van der Waals surface area (Å²) >= 11 is 1.23. The summed E-state index contributed by atoms with van der Waals surface area (Å²) in [6, 6.07) is 9.51. The van der Waals surface area contributed by atoms with Gasteiger partial charge < -0.3 is 4.98 Å². The summed E-state index contributed by atoms with van der Waals surface area (Å²) < 4.78 is 27.0. The average Bonchev–Trinajstić information content (AvgIpc) is 2.62. The highest BCUT2D eigenvalue weighted by molar-refractivity contribution is 7.99. The Morgan fingerprint density at radius 2 is 1.93 bits per heavy atom. The third-order valence-corrected chi connectivity index (χ3v) is 5.03. The summed E-state index contributed by atoms with van der Waals surface area (Å²) in [7, 11) is 0. The van der Waals surface area contributed by atoms with Gasteiger partial charge in [0.2, 0.25) is 0 Å². The normalized spacial score (nSPS) is 11.1. The van der Waals surface area contributed by atoms with E-state index in [9.17, 15) is 18.4 Å². The van der Waals surface area contributed by atoms with Crippen molar-refractivity contribution in [2.75, 3.05) is 5.75 Å². The van der Waals surface area contributed by atoms with Crippen LogP contribution in [-0.4, -0.2) is 21.5 Å². The van der Waals surface area contributed by atoms with Crippen molar-refractivity contribution in [3.05, 3.63) is 69.5 Å². The van der Waals surface area contributed by atoms with Crippen LogP contribution in [0.5, 0.6) is 0 Å². The molecule has 4 nitrogen and oxygen atoms in total. The number of ketones is 1. The number of aromatic nitrogens is 2. The van der Waals surface area contributed by atoms with Crippen molar-refractivity contribution in [2.24, 2.45) is 0 Å². The predicted molar refractivity (Wildman–Crippen MR) is 102 cm³/mol. The van der Waals surface area contributed by atoms with Crippen LogP contribution in [0.2, 0.25) is 0 Å². The number of Topliss-reactive ketones (excluding diaryl/α,β-unsaturated/α-hetero) is 1. The van der Waals surface area contributed by atoms with E-state index < -0.39 is 17.2 Å². The second kappa shape index (κ2) is 8.43. The first-order chi connectivity index (χ1) is 12.9. The van der Waals surface area contributed by atoms with Gasteiger partial charge in [-0.1, -0.05) is 41.6 Å². The molecule has 0 unspecified atom stereocenters. The minimum atomic E-state index is -0.869. The number of thioether (sulfide) groups is 1. The minimum Gasteiger partial charge on any atom is -0.301 e. The molecule has 3 aromatic rings. The monoisotopic (exact) mass is 388 g/mol. The second-order valence-corrected chi connectivity index (χ2v) is 7.39. The van der Waals surface area contributed by atoms with Gasteiger partial charge in [0.05, 0.1) is 5.39 Å². The standard InChI is InChI=1S/C20H18F2N2O2S/c1-12-4-6-13(7-5-12)9-15(25)3-2-8-27-20-23-18-16(19(26)24-20)10-14(21)11-17(18)22/h4-7,10-11H,2-3,8-9H2,1H3,(H,23,24,26). The predicted octanol–water partition coefficient (Wildman–Crippen LogP) is 4.19. The van der Waals surface area contributed by atoms with Crippen LogP contribution >= 0.6 is 11.8 Å². The van der Waals surface area contributed by atoms with Gasteiger partial charge in [-0.05, 0) is 25.0 Å². The number of benzene rings is 2. The molecule has 0 aliphatic rings. The van der Waals surface area contributed by atoms with E-state index in [1.807, 2.05) is 31.2 Å². The van der Waals surface area contributed by atoms with Crippen LogP contribution in [-0.2, 0) is 11.2 Å². The van der Waals surface area contributed by atoms with Gasteiger partial charge in [0.1, 0.15) is 17.1 Å². The maximum atomic E-state index is 13.8. The molecule has 0 atom stereocenters. The van der Waals surface area contributed by atoms with Crippen LogP contribution in [0.3, 0.4) is 0 Å². The molecule has 0 saturated heterocycles. The van der Waals surface area contributed by atoms with Crippen molar-refractivity contribution >= 4 is 28.4 Å². The van der Waals surface area contributed by atoms with Crippen molar-refractivity contribution in [3.8, 4) is 0 Å². The Balaban J connectivity index is 1.55. The van der Waals surface area contributed by atoms with Crippen LogP contribution in [0, 0.1) is 18.6 Å². The number of H-pyrrole nitrogens is 1.